The lowest BCUT2D eigenvalue weighted by molar-refractivity contribution is -0.908. The van der Waals surface area contributed by atoms with E-state index >= 15 is 0 Å². The van der Waals surface area contributed by atoms with Gasteiger partial charge >= 0.3 is 0 Å². The molecule has 3 aromatic rings. The van der Waals surface area contributed by atoms with Crippen molar-refractivity contribution in [3.05, 3.63) is 82.3 Å². The van der Waals surface area contributed by atoms with E-state index in [0.717, 1.165) is 41.5 Å². The van der Waals surface area contributed by atoms with Crippen molar-refractivity contribution in [1.29, 1.82) is 0 Å². The van der Waals surface area contributed by atoms with Gasteiger partial charge in [0, 0.05) is 10.9 Å². The highest BCUT2D eigenvalue weighted by Gasteiger charge is 2.19. The third kappa shape index (κ3) is 3.48. The molecule has 0 amide bonds. The molecule has 3 heteroatoms. The Morgan fingerprint density at radius 1 is 1.00 bits per heavy atom. The number of phenols is 1. The fraction of sp³-hybridized carbons (Fsp3) is 0.182. The van der Waals surface area contributed by atoms with Crippen molar-refractivity contribution >= 4 is 32.3 Å². The summed E-state index contributed by atoms with van der Waals surface area (Å²) in [6.45, 7) is 2.94. The molecule has 0 spiro atoms. The molecule has 0 fully saturated rings. The van der Waals surface area contributed by atoms with Crippen LogP contribution in [0.4, 0.5) is 0 Å². The Balaban J connectivity index is 1.57. The fourth-order valence-corrected chi connectivity index (χ4v) is 4.03. The van der Waals surface area contributed by atoms with Crippen LogP contribution in [0, 0.1) is 0 Å². The molecule has 1 unspecified atom stereocenters. The Labute approximate surface area is 156 Å². The molecule has 2 N–H and O–H groups in total. The number of rotatable bonds is 3. The Hall–Kier alpha value is -2.10. The van der Waals surface area contributed by atoms with Crippen molar-refractivity contribution in [2.45, 2.75) is 13.0 Å². The molecule has 3 aromatic carbocycles. The zero-order chi connectivity index (χ0) is 17.2. The molecule has 0 bridgehead atoms. The number of benzene rings is 3. The largest absolute Gasteiger partial charge is 0.507 e. The summed E-state index contributed by atoms with van der Waals surface area (Å²) in [5.74, 6) is 0.403. The normalized spacial score (nSPS) is 17.5. The van der Waals surface area contributed by atoms with Crippen LogP contribution in [0.2, 0.25) is 0 Å². The van der Waals surface area contributed by atoms with Crippen molar-refractivity contribution in [2.24, 2.45) is 0 Å². The van der Waals surface area contributed by atoms with E-state index in [-0.39, 0.29) is 0 Å². The minimum Gasteiger partial charge on any atom is -0.507 e. The van der Waals surface area contributed by atoms with Crippen LogP contribution in [0.25, 0.3) is 16.3 Å². The van der Waals surface area contributed by atoms with Gasteiger partial charge in [-0.2, -0.15) is 0 Å². The molecule has 126 valence electrons. The summed E-state index contributed by atoms with van der Waals surface area (Å²) >= 11 is 3.53. The van der Waals surface area contributed by atoms with Crippen LogP contribution in [0.15, 0.2) is 71.2 Å². The summed E-state index contributed by atoms with van der Waals surface area (Å²) in [6, 6.07) is 20.7. The highest BCUT2D eigenvalue weighted by molar-refractivity contribution is 9.10. The molecule has 0 aromatic heterocycles. The van der Waals surface area contributed by atoms with Gasteiger partial charge in [0.25, 0.3) is 0 Å². The first-order chi connectivity index (χ1) is 12.2. The van der Waals surface area contributed by atoms with Crippen molar-refractivity contribution in [2.75, 3.05) is 13.1 Å². The Bertz CT molecular complexity index is 933. The van der Waals surface area contributed by atoms with E-state index in [4.69, 9.17) is 0 Å². The number of hydrogen-bond donors (Lipinski definition) is 2. The topological polar surface area (TPSA) is 24.7 Å². The highest BCUT2D eigenvalue weighted by Crippen LogP contribution is 2.29. The second-order valence-corrected chi connectivity index (χ2v) is 7.57. The van der Waals surface area contributed by atoms with Crippen molar-refractivity contribution in [1.82, 2.24) is 0 Å². The van der Waals surface area contributed by atoms with Crippen LogP contribution < -0.4 is 4.90 Å². The van der Waals surface area contributed by atoms with Crippen LogP contribution in [-0.4, -0.2) is 18.2 Å². The summed E-state index contributed by atoms with van der Waals surface area (Å²) in [5, 5.41) is 12.7. The maximum Gasteiger partial charge on any atom is 0.125 e. The van der Waals surface area contributed by atoms with Crippen molar-refractivity contribution < 1.29 is 10.0 Å². The Morgan fingerprint density at radius 3 is 2.60 bits per heavy atom. The van der Waals surface area contributed by atoms with E-state index in [1.807, 2.05) is 18.2 Å². The van der Waals surface area contributed by atoms with E-state index in [0.29, 0.717) is 5.75 Å². The molecule has 1 atom stereocenters. The van der Waals surface area contributed by atoms with Gasteiger partial charge in [0.05, 0.1) is 18.7 Å². The smallest absolute Gasteiger partial charge is 0.125 e. The molecule has 1 aliphatic heterocycles. The zero-order valence-electron chi connectivity index (χ0n) is 14.0. The van der Waals surface area contributed by atoms with Gasteiger partial charge in [0.15, 0.2) is 0 Å². The highest BCUT2D eigenvalue weighted by atomic mass is 79.9. The lowest BCUT2D eigenvalue weighted by Gasteiger charge is -2.24. The van der Waals surface area contributed by atoms with Crippen LogP contribution in [0.3, 0.4) is 0 Å². The van der Waals surface area contributed by atoms with Crippen LogP contribution in [0.1, 0.15) is 17.5 Å². The summed E-state index contributed by atoms with van der Waals surface area (Å²) in [5.41, 5.74) is 3.83. The molecule has 4 rings (SSSR count). The van der Waals surface area contributed by atoms with Crippen molar-refractivity contribution in [3.8, 4) is 5.75 Å². The lowest BCUT2D eigenvalue weighted by atomic mass is 9.98. The number of halogens is 1. The predicted molar refractivity (Wildman–Crippen MR) is 107 cm³/mol. The van der Waals surface area contributed by atoms with Crippen LogP contribution >= 0.6 is 15.9 Å². The fourth-order valence-electron chi connectivity index (χ4n) is 3.65. The van der Waals surface area contributed by atoms with E-state index < -0.39 is 0 Å². The number of quaternary nitrogens is 1. The van der Waals surface area contributed by atoms with E-state index in [9.17, 15) is 5.11 Å². The monoisotopic (exact) mass is 394 g/mol. The SMILES string of the molecule is Oc1ccc2cc(Br)ccc2c1C[NH+]1CC=C(c2ccccc2)CC1. The van der Waals surface area contributed by atoms with Gasteiger partial charge in [-0.05, 0) is 46.2 Å². The number of aromatic hydroxyl groups is 1. The summed E-state index contributed by atoms with van der Waals surface area (Å²) in [7, 11) is 0. The number of hydrogen-bond acceptors (Lipinski definition) is 1. The molecule has 0 saturated carbocycles. The quantitative estimate of drug-likeness (QED) is 0.684. The van der Waals surface area contributed by atoms with Crippen LogP contribution in [0.5, 0.6) is 5.75 Å². The molecular formula is C22H21BrNO+. The maximum absolute atomic E-state index is 10.4. The number of phenolic OH excluding ortho intramolecular Hbond substituents is 1. The average molecular weight is 395 g/mol. The van der Waals surface area contributed by atoms with Crippen molar-refractivity contribution in [3.63, 3.8) is 0 Å². The third-order valence-electron chi connectivity index (χ3n) is 5.03. The van der Waals surface area contributed by atoms with Gasteiger partial charge in [0.2, 0.25) is 0 Å². The first-order valence-electron chi connectivity index (χ1n) is 8.69. The molecule has 0 saturated heterocycles. The standard InChI is InChI=1S/C22H20BrNO/c23-19-7-8-20-18(14-19)6-9-22(25)21(20)15-24-12-10-17(11-13-24)16-4-2-1-3-5-16/h1-10,14,25H,11-13,15H2/p+1. The molecule has 2 nitrogen and oxygen atoms in total. The van der Waals surface area contributed by atoms with Crippen LogP contribution in [-0.2, 0) is 6.54 Å². The summed E-state index contributed by atoms with van der Waals surface area (Å²) in [6.07, 6.45) is 3.43. The predicted octanol–water partition coefficient (Wildman–Crippen LogP) is 4.18. The lowest BCUT2D eigenvalue weighted by Crippen LogP contribution is -3.11. The van der Waals surface area contributed by atoms with E-state index in [1.165, 1.54) is 21.4 Å². The first kappa shape index (κ1) is 16.4. The Kier molecular flexibility index (Phi) is 4.60. The number of nitrogens with one attached hydrogen (secondary N) is 1. The summed E-state index contributed by atoms with van der Waals surface area (Å²) < 4.78 is 1.07. The average Bonchev–Trinajstić information content (AvgIpc) is 2.65. The minimum atomic E-state index is 0.403. The number of fused-ring (bicyclic) bond motifs is 1. The molecule has 1 heterocycles. The zero-order valence-corrected chi connectivity index (χ0v) is 15.6. The van der Waals surface area contributed by atoms with Gasteiger partial charge in [-0.15, -0.1) is 0 Å². The van der Waals surface area contributed by atoms with Gasteiger partial charge in [0.1, 0.15) is 12.3 Å². The van der Waals surface area contributed by atoms with Gasteiger partial charge in [-0.3, -0.25) is 0 Å². The van der Waals surface area contributed by atoms with Gasteiger partial charge < -0.3 is 10.0 Å². The summed E-state index contributed by atoms with van der Waals surface area (Å²) in [4.78, 5) is 1.49. The molecule has 0 radical (unpaired) electrons. The first-order valence-corrected chi connectivity index (χ1v) is 9.48. The maximum atomic E-state index is 10.4. The second kappa shape index (κ2) is 7.03. The molecular weight excluding hydrogens is 374 g/mol. The molecule has 0 aliphatic carbocycles. The molecule has 25 heavy (non-hydrogen) atoms. The van der Waals surface area contributed by atoms with Gasteiger partial charge in [-0.1, -0.05) is 58.4 Å². The van der Waals surface area contributed by atoms with E-state index in [1.54, 1.807) is 0 Å². The Morgan fingerprint density at radius 2 is 1.84 bits per heavy atom. The minimum absolute atomic E-state index is 0.403. The van der Waals surface area contributed by atoms with Gasteiger partial charge in [-0.25, -0.2) is 0 Å². The third-order valence-corrected chi connectivity index (χ3v) is 5.52. The second-order valence-electron chi connectivity index (χ2n) is 6.65. The molecule has 1 aliphatic rings. The van der Waals surface area contributed by atoms with E-state index in [2.05, 4.69) is 64.5 Å².